The summed E-state index contributed by atoms with van der Waals surface area (Å²) < 4.78 is 0. The van der Waals surface area contributed by atoms with Crippen molar-refractivity contribution in [3.05, 3.63) is 16.1 Å². The molecule has 100 valence electrons. The van der Waals surface area contributed by atoms with Gasteiger partial charge in [-0.15, -0.1) is 11.3 Å². The summed E-state index contributed by atoms with van der Waals surface area (Å²) in [5.74, 6) is -0.0712. The molecular weight excluding hydrogens is 248 g/mol. The van der Waals surface area contributed by atoms with Crippen molar-refractivity contribution in [1.82, 2.24) is 9.88 Å². The van der Waals surface area contributed by atoms with E-state index in [-0.39, 0.29) is 0 Å². The smallest absolute Gasteiger partial charge is 0.303 e. The van der Waals surface area contributed by atoms with Gasteiger partial charge < -0.3 is 5.11 Å². The van der Waals surface area contributed by atoms with E-state index in [1.165, 1.54) is 4.88 Å². The van der Waals surface area contributed by atoms with Crippen molar-refractivity contribution in [3.63, 3.8) is 0 Å². The standard InChI is InChI=1S/C13H20N2O2S/c1-10-14-8-12(18-10)9-15-6-4-11(5-7-15)2-3-13(16)17/h8,11H,2-7,9H2,1H3,(H,16,17). The van der Waals surface area contributed by atoms with Gasteiger partial charge in [0.05, 0.1) is 5.01 Å². The number of aromatic nitrogens is 1. The van der Waals surface area contributed by atoms with Crippen LogP contribution in [0.2, 0.25) is 0 Å². The summed E-state index contributed by atoms with van der Waals surface area (Å²) in [6, 6.07) is 0. The summed E-state index contributed by atoms with van der Waals surface area (Å²) in [5.41, 5.74) is 0. The molecule has 1 aliphatic heterocycles. The fraction of sp³-hybridized carbons (Fsp3) is 0.692. The number of likely N-dealkylation sites (tertiary alicyclic amines) is 1. The molecule has 0 saturated carbocycles. The lowest BCUT2D eigenvalue weighted by molar-refractivity contribution is -0.137. The van der Waals surface area contributed by atoms with E-state index >= 15 is 0 Å². The molecule has 1 aliphatic rings. The van der Waals surface area contributed by atoms with Crippen LogP contribution in [-0.2, 0) is 11.3 Å². The van der Waals surface area contributed by atoms with Gasteiger partial charge in [-0.25, -0.2) is 4.98 Å². The molecule has 0 bridgehead atoms. The molecule has 2 rings (SSSR count). The van der Waals surface area contributed by atoms with Crippen LogP contribution in [0.25, 0.3) is 0 Å². The number of carboxylic acids is 1. The highest BCUT2D eigenvalue weighted by molar-refractivity contribution is 7.11. The molecule has 1 N–H and O–H groups in total. The Morgan fingerprint density at radius 1 is 1.56 bits per heavy atom. The van der Waals surface area contributed by atoms with Crippen LogP contribution in [0.5, 0.6) is 0 Å². The van der Waals surface area contributed by atoms with E-state index in [0.29, 0.717) is 12.3 Å². The van der Waals surface area contributed by atoms with E-state index in [4.69, 9.17) is 5.11 Å². The molecule has 0 amide bonds. The Morgan fingerprint density at radius 3 is 2.83 bits per heavy atom. The molecule has 1 aromatic rings. The molecule has 1 saturated heterocycles. The van der Waals surface area contributed by atoms with Crippen molar-refractivity contribution < 1.29 is 9.90 Å². The van der Waals surface area contributed by atoms with E-state index in [1.807, 2.05) is 13.1 Å². The third-order valence-corrected chi connectivity index (χ3v) is 4.42. The van der Waals surface area contributed by atoms with Gasteiger partial charge in [0, 0.05) is 24.0 Å². The average molecular weight is 268 g/mol. The second-order valence-corrected chi connectivity index (χ2v) is 6.32. The Hall–Kier alpha value is -0.940. The Morgan fingerprint density at radius 2 is 2.28 bits per heavy atom. The summed E-state index contributed by atoms with van der Waals surface area (Å²) in [6.45, 7) is 5.20. The quantitative estimate of drug-likeness (QED) is 0.891. The van der Waals surface area contributed by atoms with Crippen molar-refractivity contribution in [2.24, 2.45) is 5.92 Å². The molecule has 2 heterocycles. The van der Waals surface area contributed by atoms with Gasteiger partial charge in [0.1, 0.15) is 0 Å². The van der Waals surface area contributed by atoms with Crippen LogP contribution >= 0.6 is 11.3 Å². The Bertz CT molecular complexity index is 397. The Kier molecular flexibility index (Phi) is 4.72. The predicted molar refractivity (Wildman–Crippen MR) is 71.7 cm³/mol. The first kappa shape index (κ1) is 13.5. The van der Waals surface area contributed by atoms with Crippen molar-refractivity contribution >= 4 is 17.3 Å². The zero-order valence-electron chi connectivity index (χ0n) is 10.8. The minimum absolute atomic E-state index is 0.318. The van der Waals surface area contributed by atoms with E-state index in [1.54, 1.807) is 11.3 Å². The first-order chi connectivity index (χ1) is 8.63. The molecule has 0 radical (unpaired) electrons. The molecule has 0 aliphatic carbocycles. The van der Waals surface area contributed by atoms with Crippen LogP contribution in [0.15, 0.2) is 6.20 Å². The van der Waals surface area contributed by atoms with Gasteiger partial charge in [0.25, 0.3) is 0 Å². The number of aryl methyl sites for hydroxylation is 1. The van der Waals surface area contributed by atoms with Crippen molar-refractivity contribution in [2.45, 2.75) is 39.2 Å². The van der Waals surface area contributed by atoms with Crippen LogP contribution < -0.4 is 0 Å². The molecule has 18 heavy (non-hydrogen) atoms. The number of hydrogen-bond acceptors (Lipinski definition) is 4. The average Bonchev–Trinajstić information content (AvgIpc) is 2.74. The van der Waals surface area contributed by atoms with Crippen LogP contribution in [0.1, 0.15) is 35.6 Å². The van der Waals surface area contributed by atoms with Gasteiger partial charge in [0.2, 0.25) is 0 Å². The SMILES string of the molecule is Cc1ncc(CN2CCC(CCC(=O)O)CC2)s1. The summed E-state index contributed by atoms with van der Waals surface area (Å²) >= 11 is 1.77. The maximum atomic E-state index is 10.5. The van der Waals surface area contributed by atoms with E-state index in [2.05, 4.69) is 9.88 Å². The minimum Gasteiger partial charge on any atom is -0.481 e. The number of carbonyl (C=O) groups is 1. The lowest BCUT2D eigenvalue weighted by Crippen LogP contribution is -2.33. The van der Waals surface area contributed by atoms with Gasteiger partial charge in [-0.05, 0) is 45.2 Å². The predicted octanol–water partition coefficient (Wildman–Crippen LogP) is 2.53. The van der Waals surface area contributed by atoms with E-state index in [9.17, 15) is 4.79 Å². The highest BCUT2D eigenvalue weighted by atomic mass is 32.1. The van der Waals surface area contributed by atoms with Crippen molar-refractivity contribution in [3.8, 4) is 0 Å². The lowest BCUT2D eigenvalue weighted by atomic mass is 9.92. The number of rotatable bonds is 5. The fourth-order valence-electron chi connectivity index (χ4n) is 2.46. The second kappa shape index (κ2) is 6.29. The van der Waals surface area contributed by atoms with E-state index in [0.717, 1.165) is 43.9 Å². The lowest BCUT2D eigenvalue weighted by Gasteiger charge is -2.31. The first-order valence-electron chi connectivity index (χ1n) is 6.49. The van der Waals surface area contributed by atoms with Crippen LogP contribution in [-0.4, -0.2) is 34.0 Å². The number of nitrogens with zero attached hydrogens (tertiary/aromatic N) is 2. The zero-order valence-corrected chi connectivity index (χ0v) is 11.6. The number of hydrogen-bond donors (Lipinski definition) is 1. The normalized spacial score (nSPS) is 18.1. The fourth-order valence-corrected chi connectivity index (χ4v) is 3.30. The highest BCUT2D eigenvalue weighted by Crippen LogP contribution is 2.24. The Labute approximate surface area is 112 Å². The molecule has 0 unspecified atom stereocenters. The van der Waals surface area contributed by atoms with Crippen LogP contribution in [0, 0.1) is 12.8 Å². The van der Waals surface area contributed by atoms with Gasteiger partial charge in [-0.3, -0.25) is 9.69 Å². The maximum Gasteiger partial charge on any atom is 0.303 e. The van der Waals surface area contributed by atoms with Crippen molar-refractivity contribution in [2.75, 3.05) is 13.1 Å². The van der Waals surface area contributed by atoms with Gasteiger partial charge in [-0.2, -0.15) is 0 Å². The summed E-state index contributed by atoms with van der Waals surface area (Å²) in [6.07, 6.45) is 5.38. The zero-order chi connectivity index (χ0) is 13.0. The van der Waals surface area contributed by atoms with Crippen molar-refractivity contribution in [1.29, 1.82) is 0 Å². The molecular formula is C13H20N2O2S. The first-order valence-corrected chi connectivity index (χ1v) is 7.30. The molecule has 0 atom stereocenters. The summed E-state index contributed by atoms with van der Waals surface area (Å²) in [4.78, 5) is 18.6. The molecule has 0 spiro atoms. The van der Waals surface area contributed by atoms with Gasteiger partial charge >= 0.3 is 5.97 Å². The van der Waals surface area contributed by atoms with Crippen LogP contribution in [0.3, 0.4) is 0 Å². The highest BCUT2D eigenvalue weighted by Gasteiger charge is 2.20. The minimum atomic E-state index is -0.669. The third-order valence-electron chi connectivity index (χ3n) is 3.52. The topological polar surface area (TPSA) is 53.4 Å². The molecule has 5 heteroatoms. The molecule has 0 aromatic carbocycles. The van der Waals surface area contributed by atoms with Crippen LogP contribution in [0.4, 0.5) is 0 Å². The largest absolute Gasteiger partial charge is 0.481 e. The summed E-state index contributed by atoms with van der Waals surface area (Å²) in [5, 5.41) is 9.80. The maximum absolute atomic E-state index is 10.5. The number of aliphatic carboxylic acids is 1. The number of piperidine rings is 1. The Balaban J connectivity index is 1.71. The third kappa shape index (κ3) is 4.07. The number of thiazole rings is 1. The monoisotopic (exact) mass is 268 g/mol. The second-order valence-electron chi connectivity index (χ2n) is 5.00. The van der Waals surface area contributed by atoms with Gasteiger partial charge in [0.15, 0.2) is 0 Å². The molecule has 4 nitrogen and oxygen atoms in total. The number of carboxylic acid groups (broad SMARTS) is 1. The molecule has 1 aromatic heterocycles. The van der Waals surface area contributed by atoms with Gasteiger partial charge in [-0.1, -0.05) is 0 Å². The summed E-state index contributed by atoms with van der Waals surface area (Å²) in [7, 11) is 0. The molecule has 1 fully saturated rings. The van der Waals surface area contributed by atoms with E-state index < -0.39 is 5.97 Å².